The first-order chi connectivity index (χ1) is 5.66. The van der Waals surface area contributed by atoms with Gasteiger partial charge in [0.2, 0.25) is 0 Å². The normalized spacial score (nSPS) is 9.92. The number of hydrogen-bond donors (Lipinski definition) is 3. The molecule has 0 fully saturated rings. The maximum Gasteiger partial charge on any atom is 0.492 e. The third kappa shape index (κ3) is 1.57. The second kappa shape index (κ2) is 3.56. The van der Waals surface area contributed by atoms with Crippen molar-refractivity contribution in [3.8, 4) is 0 Å². The molecule has 1 aromatic heterocycles. The van der Waals surface area contributed by atoms with Gasteiger partial charge in [-0.3, -0.25) is 5.41 Å². The summed E-state index contributed by atoms with van der Waals surface area (Å²) in [7, 11) is -1.56. The van der Waals surface area contributed by atoms with Crippen molar-refractivity contribution in [2.24, 2.45) is 0 Å². The zero-order valence-electron chi connectivity index (χ0n) is 6.86. The Hall–Kier alpha value is -1.07. The molecule has 0 bridgehead atoms. The molecule has 0 aliphatic rings. The number of nitrogens with zero attached hydrogens (tertiary/aromatic N) is 1. The maximum atomic E-state index is 8.85. The lowest BCUT2D eigenvalue weighted by molar-refractivity contribution is 0.424. The fraction of sp³-hybridized carbons (Fsp3) is 0.286. The standard InChI is InChI=1S/C7H11BN2O2/c1-2-10-5-3-4-6(7(10)9)8(11)12/h3-5,9,11-12H,2H2,1H3. The van der Waals surface area contributed by atoms with Crippen LogP contribution in [0.4, 0.5) is 0 Å². The van der Waals surface area contributed by atoms with E-state index in [9.17, 15) is 0 Å². The highest BCUT2D eigenvalue weighted by molar-refractivity contribution is 6.58. The molecule has 4 nitrogen and oxygen atoms in total. The average Bonchev–Trinajstić information content (AvgIpc) is 2.04. The van der Waals surface area contributed by atoms with E-state index in [4.69, 9.17) is 15.5 Å². The number of pyridine rings is 1. The second-order valence-corrected chi connectivity index (χ2v) is 2.47. The van der Waals surface area contributed by atoms with Gasteiger partial charge in [-0.15, -0.1) is 0 Å². The lowest BCUT2D eigenvalue weighted by Gasteiger charge is -2.05. The van der Waals surface area contributed by atoms with Crippen LogP contribution >= 0.6 is 0 Å². The molecule has 0 atom stereocenters. The van der Waals surface area contributed by atoms with E-state index in [1.165, 1.54) is 6.07 Å². The minimum atomic E-state index is -1.56. The molecule has 0 aliphatic heterocycles. The molecule has 1 heterocycles. The number of nitrogens with one attached hydrogen (secondary N) is 1. The van der Waals surface area contributed by atoms with Crippen molar-refractivity contribution in [1.82, 2.24) is 4.57 Å². The minimum absolute atomic E-state index is 0.148. The molecule has 12 heavy (non-hydrogen) atoms. The summed E-state index contributed by atoms with van der Waals surface area (Å²) in [5, 5.41) is 25.2. The fourth-order valence-corrected chi connectivity index (χ4v) is 1.04. The van der Waals surface area contributed by atoms with Crippen molar-refractivity contribution < 1.29 is 10.0 Å². The predicted molar refractivity (Wildman–Crippen MR) is 45.8 cm³/mol. The summed E-state index contributed by atoms with van der Waals surface area (Å²) in [6.07, 6.45) is 1.73. The maximum absolute atomic E-state index is 8.85. The van der Waals surface area contributed by atoms with Crippen molar-refractivity contribution in [2.75, 3.05) is 0 Å². The highest BCUT2D eigenvalue weighted by Gasteiger charge is 2.13. The molecule has 0 spiro atoms. The van der Waals surface area contributed by atoms with Crippen molar-refractivity contribution in [3.05, 3.63) is 23.8 Å². The van der Waals surface area contributed by atoms with Gasteiger partial charge < -0.3 is 14.6 Å². The van der Waals surface area contributed by atoms with Gasteiger partial charge in [0, 0.05) is 18.2 Å². The molecule has 0 saturated heterocycles. The van der Waals surface area contributed by atoms with Gasteiger partial charge in [-0.1, -0.05) is 6.07 Å². The highest BCUT2D eigenvalue weighted by Crippen LogP contribution is 1.80. The summed E-state index contributed by atoms with van der Waals surface area (Å²) < 4.78 is 1.63. The SMILES string of the molecule is CCn1cccc(B(O)O)c1=N. The fourth-order valence-electron chi connectivity index (χ4n) is 1.04. The van der Waals surface area contributed by atoms with E-state index in [2.05, 4.69) is 0 Å². The predicted octanol–water partition coefficient (Wildman–Crippen LogP) is -1.33. The molecule has 1 aromatic rings. The van der Waals surface area contributed by atoms with Gasteiger partial charge in [0.05, 0.1) is 0 Å². The third-order valence-corrected chi connectivity index (χ3v) is 1.72. The van der Waals surface area contributed by atoms with Gasteiger partial charge >= 0.3 is 7.12 Å². The van der Waals surface area contributed by atoms with E-state index in [0.717, 1.165) is 0 Å². The molecule has 3 N–H and O–H groups in total. The Labute approximate surface area is 70.8 Å². The summed E-state index contributed by atoms with van der Waals surface area (Å²) in [5.74, 6) is 0. The van der Waals surface area contributed by atoms with Crippen LogP contribution in [-0.4, -0.2) is 21.7 Å². The van der Waals surface area contributed by atoms with E-state index in [1.807, 2.05) is 6.92 Å². The van der Waals surface area contributed by atoms with Gasteiger partial charge in [-0.25, -0.2) is 0 Å². The zero-order chi connectivity index (χ0) is 9.14. The molecule has 0 saturated carbocycles. The summed E-state index contributed by atoms with van der Waals surface area (Å²) in [4.78, 5) is 0. The number of rotatable bonds is 2. The summed E-state index contributed by atoms with van der Waals surface area (Å²) >= 11 is 0. The Morgan fingerprint density at radius 3 is 2.75 bits per heavy atom. The van der Waals surface area contributed by atoms with Crippen LogP contribution in [0.25, 0.3) is 0 Å². The Kier molecular flexibility index (Phi) is 2.67. The zero-order valence-corrected chi connectivity index (χ0v) is 6.86. The van der Waals surface area contributed by atoms with Crippen LogP contribution in [0.5, 0.6) is 0 Å². The lowest BCUT2D eigenvalue weighted by Crippen LogP contribution is -2.45. The molecule has 5 heteroatoms. The third-order valence-electron chi connectivity index (χ3n) is 1.72. The first-order valence-electron chi connectivity index (χ1n) is 3.77. The molecule has 0 aliphatic carbocycles. The summed E-state index contributed by atoms with van der Waals surface area (Å²) in [5.41, 5.74) is 0.384. The van der Waals surface area contributed by atoms with E-state index in [-0.39, 0.29) is 11.0 Å². The second-order valence-electron chi connectivity index (χ2n) is 2.47. The van der Waals surface area contributed by atoms with Gasteiger partial charge in [0.15, 0.2) is 0 Å². The summed E-state index contributed by atoms with van der Waals surface area (Å²) in [6.45, 7) is 2.55. The van der Waals surface area contributed by atoms with Gasteiger partial charge in [0.25, 0.3) is 0 Å². The average molecular weight is 166 g/mol. The van der Waals surface area contributed by atoms with E-state index in [0.29, 0.717) is 6.54 Å². The Morgan fingerprint density at radius 1 is 1.58 bits per heavy atom. The number of hydrogen-bond acceptors (Lipinski definition) is 3. The van der Waals surface area contributed by atoms with Crippen LogP contribution in [0.15, 0.2) is 18.3 Å². The highest BCUT2D eigenvalue weighted by atomic mass is 16.4. The Bertz CT molecular complexity index is 321. The van der Waals surface area contributed by atoms with Crippen LogP contribution in [0.3, 0.4) is 0 Å². The topological polar surface area (TPSA) is 69.2 Å². The molecule has 0 unspecified atom stereocenters. The molecule has 0 aromatic carbocycles. The molecule has 0 amide bonds. The Morgan fingerprint density at radius 2 is 2.25 bits per heavy atom. The van der Waals surface area contributed by atoms with Crippen molar-refractivity contribution in [1.29, 1.82) is 5.41 Å². The van der Waals surface area contributed by atoms with Crippen molar-refractivity contribution in [2.45, 2.75) is 13.5 Å². The van der Waals surface area contributed by atoms with Crippen LogP contribution in [-0.2, 0) is 6.54 Å². The van der Waals surface area contributed by atoms with Gasteiger partial charge in [-0.05, 0) is 13.0 Å². The van der Waals surface area contributed by atoms with Crippen LogP contribution < -0.4 is 11.0 Å². The molecular weight excluding hydrogens is 155 g/mol. The number of aryl methyl sites for hydroxylation is 1. The number of aromatic nitrogens is 1. The molecule has 64 valence electrons. The monoisotopic (exact) mass is 166 g/mol. The van der Waals surface area contributed by atoms with Crippen molar-refractivity contribution in [3.63, 3.8) is 0 Å². The molecule has 1 rings (SSSR count). The first-order valence-corrected chi connectivity index (χ1v) is 3.77. The van der Waals surface area contributed by atoms with Crippen molar-refractivity contribution >= 4 is 12.6 Å². The smallest absolute Gasteiger partial charge is 0.423 e. The van der Waals surface area contributed by atoms with Gasteiger partial charge in [0.1, 0.15) is 5.49 Å². The van der Waals surface area contributed by atoms with E-state index < -0.39 is 7.12 Å². The largest absolute Gasteiger partial charge is 0.492 e. The van der Waals surface area contributed by atoms with E-state index in [1.54, 1.807) is 16.8 Å². The quantitative estimate of drug-likeness (QED) is 0.476. The summed E-state index contributed by atoms with van der Waals surface area (Å²) in [6, 6.07) is 3.22. The minimum Gasteiger partial charge on any atom is -0.423 e. The lowest BCUT2D eigenvalue weighted by atomic mass is 9.81. The molecular formula is C7H11BN2O2. The molecule has 0 radical (unpaired) electrons. The Balaban J connectivity index is 3.24. The van der Waals surface area contributed by atoms with E-state index >= 15 is 0 Å². The van der Waals surface area contributed by atoms with Gasteiger partial charge in [-0.2, -0.15) is 0 Å². The first kappa shape index (κ1) is 9.03. The van der Waals surface area contributed by atoms with Crippen LogP contribution in [0.1, 0.15) is 6.92 Å². The van der Waals surface area contributed by atoms with Crippen LogP contribution in [0, 0.1) is 5.41 Å². The van der Waals surface area contributed by atoms with Crippen LogP contribution in [0.2, 0.25) is 0 Å².